The second kappa shape index (κ2) is 8.95. The summed E-state index contributed by atoms with van der Waals surface area (Å²) < 4.78 is 13.8. The Morgan fingerprint density at radius 2 is 1.39 bits per heavy atom. The molecule has 148 valence electrons. The Bertz CT molecular complexity index is 778. The molecule has 2 aliphatic heterocycles. The van der Waals surface area contributed by atoms with E-state index < -0.39 is 0 Å². The van der Waals surface area contributed by atoms with Gasteiger partial charge < -0.3 is 9.80 Å². The molecule has 1 aromatic heterocycles. The number of hydrogen-bond donors (Lipinski definition) is 1. The van der Waals surface area contributed by atoms with Gasteiger partial charge in [0.1, 0.15) is 5.82 Å². The van der Waals surface area contributed by atoms with E-state index in [1.165, 1.54) is 25.1 Å². The molecule has 4 rings (SSSR count). The van der Waals surface area contributed by atoms with Crippen molar-refractivity contribution in [2.75, 3.05) is 41.4 Å². The maximum absolute atomic E-state index is 13.8. The molecule has 28 heavy (non-hydrogen) atoms. The normalized spacial score (nSPS) is 17.9. The Morgan fingerprint density at radius 3 is 1.96 bits per heavy atom. The third-order valence-electron chi connectivity index (χ3n) is 5.16. The molecule has 7 nitrogen and oxygen atoms in total. The van der Waals surface area contributed by atoms with Crippen LogP contribution in [0.15, 0.2) is 29.4 Å². The van der Waals surface area contributed by atoms with Crippen molar-refractivity contribution in [2.24, 2.45) is 5.10 Å². The van der Waals surface area contributed by atoms with E-state index in [1.54, 1.807) is 18.2 Å². The molecule has 0 bridgehead atoms. The SMILES string of the molecule is Fc1ccccc1/C=N/Nc1nc(N2CCCCC2)nc(N2CCCCC2)n1. The molecule has 1 aromatic carbocycles. The van der Waals surface area contributed by atoms with Gasteiger partial charge in [-0.3, -0.25) is 0 Å². The van der Waals surface area contributed by atoms with Crippen molar-refractivity contribution < 1.29 is 4.39 Å². The number of anilines is 3. The molecule has 0 unspecified atom stereocenters. The van der Waals surface area contributed by atoms with Crippen LogP contribution in [0.25, 0.3) is 0 Å². The Kier molecular flexibility index (Phi) is 5.94. The van der Waals surface area contributed by atoms with Gasteiger partial charge in [-0.15, -0.1) is 0 Å². The molecule has 2 aromatic rings. The van der Waals surface area contributed by atoms with Gasteiger partial charge in [-0.2, -0.15) is 20.1 Å². The molecule has 0 saturated carbocycles. The van der Waals surface area contributed by atoms with Gasteiger partial charge in [0.15, 0.2) is 0 Å². The number of halogens is 1. The van der Waals surface area contributed by atoms with Crippen molar-refractivity contribution in [1.82, 2.24) is 15.0 Å². The summed E-state index contributed by atoms with van der Waals surface area (Å²) in [5.41, 5.74) is 3.28. The number of nitrogens with one attached hydrogen (secondary N) is 1. The Labute approximate surface area is 164 Å². The van der Waals surface area contributed by atoms with Crippen LogP contribution in [-0.2, 0) is 0 Å². The lowest BCUT2D eigenvalue weighted by molar-refractivity contribution is 0.556. The number of rotatable bonds is 5. The van der Waals surface area contributed by atoms with E-state index in [9.17, 15) is 4.39 Å². The van der Waals surface area contributed by atoms with Crippen molar-refractivity contribution >= 4 is 24.1 Å². The number of hydrogen-bond acceptors (Lipinski definition) is 7. The first-order chi connectivity index (χ1) is 13.8. The fourth-order valence-electron chi connectivity index (χ4n) is 3.61. The van der Waals surface area contributed by atoms with E-state index in [4.69, 9.17) is 4.98 Å². The monoisotopic (exact) mass is 383 g/mol. The zero-order valence-electron chi connectivity index (χ0n) is 16.0. The lowest BCUT2D eigenvalue weighted by atomic mass is 10.1. The van der Waals surface area contributed by atoms with Gasteiger partial charge in [-0.1, -0.05) is 18.2 Å². The number of nitrogens with zero attached hydrogens (tertiary/aromatic N) is 6. The standard InChI is InChI=1S/C20H26FN7/c21-17-10-4-3-9-16(17)15-22-26-18-23-19(27-11-5-1-6-12-27)25-20(24-18)28-13-7-2-8-14-28/h3-4,9-10,15H,1-2,5-8,11-14H2,(H,23,24,25,26)/b22-15+. The van der Waals surface area contributed by atoms with Crippen molar-refractivity contribution in [1.29, 1.82) is 0 Å². The van der Waals surface area contributed by atoms with Crippen LogP contribution in [0, 0.1) is 5.82 Å². The molecule has 8 heteroatoms. The first-order valence-corrected chi connectivity index (χ1v) is 10.1. The van der Waals surface area contributed by atoms with Crippen LogP contribution in [0.4, 0.5) is 22.2 Å². The second-order valence-corrected chi connectivity index (χ2v) is 7.25. The predicted molar refractivity (Wildman–Crippen MR) is 110 cm³/mol. The summed E-state index contributed by atoms with van der Waals surface area (Å²) in [7, 11) is 0. The minimum Gasteiger partial charge on any atom is -0.341 e. The molecule has 0 radical (unpaired) electrons. The van der Waals surface area contributed by atoms with Crippen LogP contribution < -0.4 is 15.2 Å². The van der Waals surface area contributed by atoms with Crippen molar-refractivity contribution in [2.45, 2.75) is 38.5 Å². The lowest BCUT2D eigenvalue weighted by Gasteiger charge is -2.30. The number of aromatic nitrogens is 3. The maximum Gasteiger partial charge on any atom is 0.250 e. The molecule has 0 atom stereocenters. The van der Waals surface area contributed by atoms with Crippen LogP contribution in [0.5, 0.6) is 0 Å². The highest BCUT2D eigenvalue weighted by Crippen LogP contribution is 2.22. The van der Waals surface area contributed by atoms with Gasteiger partial charge in [-0.25, -0.2) is 9.82 Å². The van der Waals surface area contributed by atoms with E-state index in [2.05, 4.69) is 30.3 Å². The molecular weight excluding hydrogens is 357 g/mol. The van der Waals surface area contributed by atoms with Gasteiger partial charge in [0.05, 0.1) is 6.21 Å². The van der Waals surface area contributed by atoms with Crippen LogP contribution in [0.3, 0.4) is 0 Å². The first-order valence-electron chi connectivity index (χ1n) is 10.1. The van der Waals surface area contributed by atoms with E-state index in [0.717, 1.165) is 51.9 Å². The van der Waals surface area contributed by atoms with Crippen molar-refractivity contribution in [3.05, 3.63) is 35.6 Å². The summed E-state index contributed by atoms with van der Waals surface area (Å²) in [6, 6.07) is 6.51. The minimum absolute atomic E-state index is 0.313. The summed E-state index contributed by atoms with van der Waals surface area (Å²) in [5.74, 6) is 1.47. The van der Waals surface area contributed by atoms with Gasteiger partial charge in [0.25, 0.3) is 0 Å². The molecule has 2 fully saturated rings. The molecule has 0 amide bonds. The summed E-state index contributed by atoms with van der Waals surface area (Å²) in [5, 5.41) is 4.14. The van der Waals surface area contributed by atoms with Crippen molar-refractivity contribution in [3.8, 4) is 0 Å². The predicted octanol–water partition coefficient (Wildman–Crippen LogP) is 3.44. The van der Waals surface area contributed by atoms with E-state index in [-0.39, 0.29) is 5.82 Å². The summed E-state index contributed by atoms with van der Waals surface area (Å²) in [6.07, 6.45) is 8.55. The Balaban J connectivity index is 1.56. The third kappa shape index (κ3) is 4.55. The average Bonchev–Trinajstić information content (AvgIpc) is 2.76. The average molecular weight is 383 g/mol. The Hall–Kier alpha value is -2.77. The van der Waals surface area contributed by atoms with Crippen LogP contribution in [-0.4, -0.2) is 47.3 Å². The molecule has 0 spiro atoms. The largest absolute Gasteiger partial charge is 0.341 e. The summed E-state index contributed by atoms with van der Waals surface area (Å²) >= 11 is 0. The molecule has 2 saturated heterocycles. The highest BCUT2D eigenvalue weighted by atomic mass is 19.1. The van der Waals surface area contributed by atoms with Gasteiger partial charge in [-0.05, 0) is 44.6 Å². The zero-order valence-corrected chi connectivity index (χ0v) is 16.0. The maximum atomic E-state index is 13.8. The van der Waals surface area contributed by atoms with Gasteiger partial charge >= 0.3 is 0 Å². The number of hydrazone groups is 1. The van der Waals surface area contributed by atoms with E-state index in [0.29, 0.717) is 23.4 Å². The molecule has 1 N–H and O–H groups in total. The summed E-state index contributed by atoms with van der Waals surface area (Å²) in [6.45, 7) is 3.84. The first kappa shape index (κ1) is 18.6. The fraction of sp³-hybridized carbons (Fsp3) is 0.500. The van der Waals surface area contributed by atoms with Crippen LogP contribution in [0.1, 0.15) is 44.1 Å². The summed E-state index contributed by atoms with van der Waals surface area (Å²) in [4.78, 5) is 18.3. The molecular formula is C20H26FN7. The van der Waals surface area contributed by atoms with Crippen molar-refractivity contribution in [3.63, 3.8) is 0 Å². The van der Waals surface area contributed by atoms with Crippen LogP contribution >= 0.6 is 0 Å². The fourth-order valence-corrected chi connectivity index (χ4v) is 3.61. The smallest absolute Gasteiger partial charge is 0.250 e. The van der Waals surface area contributed by atoms with Crippen LogP contribution in [0.2, 0.25) is 0 Å². The lowest BCUT2D eigenvalue weighted by Crippen LogP contribution is -2.34. The zero-order chi connectivity index (χ0) is 19.2. The molecule has 2 aliphatic rings. The Morgan fingerprint density at radius 1 is 0.821 bits per heavy atom. The van der Waals surface area contributed by atoms with E-state index in [1.807, 2.05) is 0 Å². The topological polar surface area (TPSA) is 69.5 Å². The second-order valence-electron chi connectivity index (χ2n) is 7.25. The minimum atomic E-state index is -0.313. The quantitative estimate of drug-likeness (QED) is 0.630. The van der Waals surface area contributed by atoms with E-state index >= 15 is 0 Å². The highest BCUT2D eigenvalue weighted by molar-refractivity contribution is 5.80. The number of piperidine rings is 2. The third-order valence-corrected chi connectivity index (χ3v) is 5.16. The number of benzene rings is 1. The molecule has 0 aliphatic carbocycles. The van der Waals surface area contributed by atoms with Gasteiger partial charge in [0.2, 0.25) is 17.8 Å². The highest BCUT2D eigenvalue weighted by Gasteiger charge is 2.20. The molecule has 3 heterocycles. The van der Waals surface area contributed by atoms with Gasteiger partial charge in [0, 0.05) is 31.7 Å².